The highest BCUT2D eigenvalue weighted by atomic mass is 32.1. The van der Waals surface area contributed by atoms with Crippen molar-refractivity contribution in [2.45, 2.75) is 32.6 Å². The summed E-state index contributed by atoms with van der Waals surface area (Å²) in [7, 11) is 0. The highest BCUT2D eigenvalue weighted by Crippen LogP contribution is 2.30. The van der Waals surface area contributed by atoms with Crippen LogP contribution in [-0.2, 0) is 0 Å². The zero-order valence-corrected chi connectivity index (χ0v) is 18.8. The van der Waals surface area contributed by atoms with Gasteiger partial charge in [-0.2, -0.15) is 4.99 Å². The maximum absolute atomic E-state index is 14.6. The first-order valence-corrected chi connectivity index (χ1v) is 10.9. The van der Waals surface area contributed by atoms with Crippen molar-refractivity contribution in [3.05, 3.63) is 88.7 Å². The second-order valence-corrected chi connectivity index (χ2v) is 7.46. The molecule has 0 aliphatic heterocycles. The minimum atomic E-state index is -0.945. The van der Waals surface area contributed by atoms with E-state index >= 15 is 0 Å². The van der Waals surface area contributed by atoms with Crippen LogP contribution in [0.25, 0.3) is 11.1 Å². The summed E-state index contributed by atoms with van der Waals surface area (Å²) in [5.41, 5.74) is 1.70. The summed E-state index contributed by atoms with van der Waals surface area (Å²) >= 11 is 4.38. The molecule has 3 rings (SSSR count). The number of aliphatic imine (C=N–C) groups is 1. The second kappa shape index (κ2) is 11.8. The van der Waals surface area contributed by atoms with Crippen LogP contribution in [0.5, 0.6) is 0 Å². The van der Waals surface area contributed by atoms with Crippen LogP contribution in [0.3, 0.4) is 0 Å². The zero-order chi connectivity index (χ0) is 23.6. The Labute approximate surface area is 197 Å². The van der Waals surface area contributed by atoms with Crippen molar-refractivity contribution in [1.82, 2.24) is 0 Å². The smallest absolute Gasteiger partial charge is 0.153 e. The van der Waals surface area contributed by atoms with E-state index in [1.807, 2.05) is 29.4 Å². The van der Waals surface area contributed by atoms with Crippen LogP contribution < -0.4 is 0 Å². The molecule has 0 atom stereocenters. The molecule has 3 aromatic carbocycles. The van der Waals surface area contributed by atoms with Crippen LogP contribution in [-0.4, -0.2) is 5.16 Å². The lowest BCUT2D eigenvalue weighted by molar-refractivity contribution is 0.588. The number of hydrogen-bond acceptors (Lipinski definition) is 2. The van der Waals surface area contributed by atoms with Gasteiger partial charge in [-0.15, -0.1) is 0 Å². The number of rotatable bonds is 5. The fourth-order valence-electron chi connectivity index (χ4n) is 3.11. The summed E-state index contributed by atoms with van der Waals surface area (Å²) in [6, 6.07) is 13.8. The molecule has 0 unspecified atom stereocenters. The molecule has 0 heterocycles. The summed E-state index contributed by atoms with van der Waals surface area (Å²) < 4.78 is 42.8. The van der Waals surface area contributed by atoms with Crippen molar-refractivity contribution >= 4 is 23.1 Å². The van der Waals surface area contributed by atoms with Gasteiger partial charge in [0.15, 0.2) is 11.6 Å². The molecule has 0 fully saturated rings. The normalized spacial score (nSPS) is 9.82. The number of hydrogen-bond donors (Lipinski definition) is 0. The third kappa shape index (κ3) is 6.67. The minimum absolute atomic E-state index is 0.0525. The van der Waals surface area contributed by atoms with E-state index in [0.717, 1.165) is 36.1 Å². The Balaban J connectivity index is 1.75. The predicted octanol–water partition coefficient (Wildman–Crippen LogP) is 7.84. The average molecular weight is 460 g/mol. The Bertz CT molecular complexity index is 1290. The van der Waals surface area contributed by atoms with Gasteiger partial charge < -0.3 is 0 Å². The molecule has 164 valence electrons. The highest BCUT2D eigenvalue weighted by molar-refractivity contribution is 7.78. The lowest BCUT2D eigenvalue weighted by Crippen LogP contribution is -1.90. The molecule has 0 radical (unpaired) electrons. The molecule has 0 bridgehead atoms. The van der Waals surface area contributed by atoms with Crippen molar-refractivity contribution in [3.8, 4) is 34.8 Å². The van der Waals surface area contributed by atoms with E-state index < -0.39 is 23.1 Å². The van der Waals surface area contributed by atoms with Crippen molar-refractivity contribution in [1.29, 1.82) is 0 Å². The van der Waals surface area contributed by atoms with Gasteiger partial charge >= 0.3 is 0 Å². The number of unbranched alkanes of at least 4 members (excludes halogenated alkanes) is 3. The number of halogens is 3. The molecule has 5 heteroatoms. The molecule has 0 spiro atoms. The third-order valence-corrected chi connectivity index (χ3v) is 4.92. The molecular weight excluding hydrogens is 439 g/mol. The molecular formula is C28H20F3NS. The molecule has 1 nitrogen and oxygen atoms in total. The van der Waals surface area contributed by atoms with Crippen LogP contribution >= 0.6 is 12.2 Å². The van der Waals surface area contributed by atoms with Gasteiger partial charge in [0.1, 0.15) is 11.5 Å². The van der Waals surface area contributed by atoms with Gasteiger partial charge in [-0.3, -0.25) is 0 Å². The quantitative estimate of drug-likeness (QED) is 0.164. The molecule has 0 aromatic heterocycles. The topological polar surface area (TPSA) is 12.4 Å². The van der Waals surface area contributed by atoms with Gasteiger partial charge in [-0.25, -0.2) is 13.2 Å². The summed E-state index contributed by atoms with van der Waals surface area (Å²) in [5.74, 6) is 9.67. The lowest BCUT2D eigenvalue weighted by atomic mass is 10.0. The van der Waals surface area contributed by atoms with E-state index in [1.165, 1.54) is 25.0 Å². The van der Waals surface area contributed by atoms with Crippen LogP contribution in [0.1, 0.15) is 49.3 Å². The number of benzene rings is 3. The van der Waals surface area contributed by atoms with E-state index in [-0.39, 0.29) is 11.1 Å². The molecule has 0 N–H and O–H groups in total. The minimum Gasteiger partial charge on any atom is -0.206 e. The summed E-state index contributed by atoms with van der Waals surface area (Å²) in [5, 5.41) is 1.92. The third-order valence-electron chi connectivity index (χ3n) is 4.83. The molecule has 0 saturated carbocycles. The first-order chi connectivity index (χ1) is 16.0. The van der Waals surface area contributed by atoms with Crippen LogP contribution in [0.15, 0.2) is 59.6 Å². The Morgan fingerprint density at radius 2 is 1.36 bits per heavy atom. The fourth-order valence-corrected chi connectivity index (χ4v) is 3.20. The fraction of sp³-hybridized carbons (Fsp3) is 0.179. The Morgan fingerprint density at radius 1 is 0.758 bits per heavy atom. The highest BCUT2D eigenvalue weighted by Gasteiger charge is 2.14. The molecule has 0 amide bonds. The van der Waals surface area contributed by atoms with Gasteiger partial charge in [-0.05, 0) is 72.7 Å². The Kier molecular flexibility index (Phi) is 8.62. The largest absolute Gasteiger partial charge is 0.206 e. The maximum atomic E-state index is 14.6. The summed E-state index contributed by atoms with van der Waals surface area (Å²) in [6.07, 6.45) is 4.37. The van der Waals surface area contributed by atoms with E-state index in [9.17, 15) is 13.2 Å². The molecule has 0 aliphatic carbocycles. The average Bonchev–Trinajstić information content (AvgIpc) is 2.80. The van der Waals surface area contributed by atoms with Crippen molar-refractivity contribution < 1.29 is 13.2 Å². The summed E-state index contributed by atoms with van der Waals surface area (Å²) in [4.78, 5) is 3.36. The van der Waals surface area contributed by atoms with Crippen LogP contribution in [0.2, 0.25) is 0 Å². The van der Waals surface area contributed by atoms with E-state index in [4.69, 9.17) is 0 Å². The number of thiocarbonyl (C=S) groups is 1. The Hall–Kier alpha value is -3.63. The van der Waals surface area contributed by atoms with E-state index in [2.05, 4.69) is 47.8 Å². The zero-order valence-electron chi connectivity index (χ0n) is 18.0. The van der Waals surface area contributed by atoms with E-state index in [0.29, 0.717) is 5.56 Å². The van der Waals surface area contributed by atoms with Crippen molar-refractivity contribution in [2.24, 2.45) is 4.99 Å². The predicted molar refractivity (Wildman–Crippen MR) is 130 cm³/mol. The first-order valence-electron chi connectivity index (χ1n) is 10.5. The van der Waals surface area contributed by atoms with Gasteiger partial charge in [0.05, 0.1) is 5.16 Å². The SMILES string of the molecule is CCCCCC#Cc1ccc(C#Cc2ccc(-c3cc(F)c(N=C=S)c(F)c3)c(F)c2)cc1. The van der Waals surface area contributed by atoms with Crippen molar-refractivity contribution in [3.63, 3.8) is 0 Å². The number of nitrogens with zero attached hydrogens (tertiary/aromatic N) is 1. The van der Waals surface area contributed by atoms with Gasteiger partial charge in [0, 0.05) is 28.7 Å². The molecule has 0 saturated heterocycles. The van der Waals surface area contributed by atoms with Gasteiger partial charge in [-0.1, -0.05) is 49.5 Å². The van der Waals surface area contributed by atoms with E-state index in [1.54, 1.807) is 6.07 Å². The Morgan fingerprint density at radius 3 is 1.97 bits per heavy atom. The lowest BCUT2D eigenvalue weighted by Gasteiger charge is -2.06. The molecule has 33 heavy (non-hydrogen) atoms. The number of isothiocyanates is 1. The standard InChI is InChI=1S/C28H20F3NS/c1-2-3-4-5-6-7-20-8-10-21(11-9-20)12-13-22-14-15-24(25(29)16-22)23-17-26(30)28(32-19-33)27(31)18-23/h8-11,14-18H,2-5H2,1H3. The van der Waals surface area contributed by atoms with Crippen LogP contribution in [0.4, 0.5) is 18.9 Å². The molecule has 3 aromatic rings. The molecule has 0 aliphatic rings. The first kappa shape index (κ1) is 24.0. The summed E-state index contributed by atoms with van der Waals surface area (Å²) in [6.45, 7) is 2.16. The second-order valence-electron chi connectivity index (χ2n) is 7.27. The van der Waals surface area contributed by atoms with Crippen LogP contribution in [0, 0.1) is 41.1 Å². The maximum Gasteiger partial charge on any atom is 0.153 e. The van der Waals surface area contributed by atoms with Crippen molar-refractivity contribution in [2.75, 3.05) is 0 Å². The monoisotopic (exact) mass is 459 g/mol. The van der Waals surface area contributed by atoms with Gasteiger partial charge in [0.2, 0.25) is 0 Å². The van der Waals surface area contributed by atoms with Gasteiger partial charge in [0.25, 0.3) is 0 Å².